The van der Waals surface area contributed by atoms with Crippen LogP contribution in [0.1, 0.15) is 57.4 Å². The number of ketones is 1. The van der Waals surface area contributed by atoms with Crippen molar-refractivity contribution in [2.75, 3.05) is 25.2 Å². The highest BCUT2D eigenvalue weighted by Crippen LogP contribution is 2.45. The lowest BCUT2D eigenvalue weighted by Crippen LogP contribution is -2.29. The number of carbonyl (C=O) groups excluding carboxylic acids is 2. The molecule has 0 bridgehead atoms. The molecule has 3 aromatic rings. The summed E-state index contributed by atoms with van der Waals surface area (Å²) in [5.41, 5.74) is 2.18. The highest BCUT2D eigenvalue weighted by Gasteiger charge is 2.47. The van der Waals surface area contributed by atoms with E-state index < -0.39 is 17.7 Å². The van der Waals surface area contributed by atoms with E-state index in [2.05, 4.69) is 0 Å². The van der Waals surface area contributed by atoms with Gasteiger partial charge in [0.25, 0.3) is 11.7 Å². The number of methoxy groups -OCH3 is 1. The van der Waals surface area contributed by atoms with Gasteiger partial charge < -0.3 is 19.3 Å². The maximum Gasteiger partial charge on any atom is 0.300 e. The minimum atomic E-state index is -0.848. The Balaban J connectivity index is 1.93. The summed E-state index contributed by atoms with van der Waals surface area (Å²) in [6, 6.07) is 18.8. The molecule has 0 aliphatic carbocycles. The lowest BCUT2D eigenvalue weighted by Gasteiger charge is -2.26. The number of nitrogens with zero attached hydrogens (tertiary/aromatic N) is 1. The van der Waals surface area contributed by atoms with Crippen molar-refractivity contribution in [3.05, 3.63) is 89.0 Å². The molecule has 1 fully saturated rings. The van der Waals surface area contributed by atoms with Crippen LogP contribution in [-0.2, 0) is 15.0 Å². The number of carbonyl (C=O) groups is 2. The van der Waals surface area contributed by atoms with Gasteiger partial charge >= 0.3 is 0 Å². The van der Waals surface area contributed by atoms with Gasteiger partial charge in [-0.05, 0) is 55.2 Å². The molecular weight excluding hydrogens is 494 g/mol. The zero-order valence-electron chi connectivity index (χ0n) is 23.3. The van der Waals surface area contributed by atoms with Crippen molar-refractivity contribution in [3.63, 3.8) is 0 Å². The van der Waals surface area contributed by atoms with Crippen LogP contribution >= 0.6 is 0 Å². The lowest BCUT2D eigenvalue weighted by molar-refractivity contribution is -0.132. The van der Waals surface area contributed by atoms with Crippen LogP contribution in [0.2, 0.25) is 0 Å². The fraction of sp³-hybridized carbons (Fsp3) is 0.312. The molecule has 4 rings (SSSR count). The molecule has 204 valence electrons. The molecule has 0 spiro atoms. The molecular formula is C32H35NO6. The summed E-state index contributed by atoms with van der Waals surface area (Å²) in [6.07, 6.45) is 0. The predicted octanol–water partition coefficient (Wildman–Crippen LogP) is 6.42. The van der Waals surface area contributed by atoms with Crippen molar-refractivity contribution in [1.29, 1.82) is 0 Å². The molecule has 0 radical (unpaired) electrons. The molecule has 1 unspecified atom stereocenters. The minimum absolute atomic E-state index is 0.0167. The number of Topliss-reactive ketones (excluding diaryl/α,β-unsaturated/α-hetero) is 1. The number of anilines is 1. The first kappa shape index (κ1) is 27.8. The number of aliphatic hydroxyl groups excluding tert-OH is 1. The second-order valence-electron chi connectivity index (χ2n) is 10.2. The quantitative estimate of drug-likeness (QED) is 0.206. The van der Waals surface area contributed by atoms with E-state index in [1.54, 1.807) is 37.4 Å². The number of hydrogen-bond donors (Lipinski definition) is 1. The third-order valence-electron chi connectivity index (χ3n) is 6.65. The third-order valence-corrected chi connectivity index (χ3v) is 6.65. The van der Waals surface area contributed by atoms with Gasteiger partial charge in [0, 0.05) is 22.9 Å². The standard InChI is InChI=1S/C32H35NO6/c1-7-38-25-17-15-22(19-26(25)39-8-2)33-28(20-12-10-9-11-13-20)27(30(35)31(33)36)29(34)21-14-16-24(37-6)23(18-21)32(3,4)5/h9-19,28,34H,7-8H2,1-6H3/b29-27-. The van der Waals surface area contributed by atoms with E-state index in [1.807, 2.05) is 71.0 Å². The number of rotatable bonds is 8. The Morgan fingerprint density at radius 3 is 2.13 bits per heavy atom. The Morgan fingerprint density at radius 1 is 0.872 bits per heavy atom. The molecule has 1 N–H and O–H groups in total. The molecule has 7 heteroatoms. The number of ether oxygens (including phenoxy) is 3. The summed E-state index contributed by atoms with van der Waals surface area (Å²) in [5, 5.41) is 11.6. The smallest absolute Gasteiger partial charge is 0.300 e. The number of amides is 1. The maximum absolute atomic E-state index is 13.6. The van der Waals surface area contributed by atoms with Gasteiger partial charge in [0.15, 0.2) is 11.5 Å². The fourth-order valence-electron chi connectivity index (χ4n) is 4.84. The topological polar surface area (TPSA) is 85.3 Å². The van der Waals surface area contributed by atoms with Crippen LogP contribution in [0.25, 0.3) is 5.76 Å². The Hall–Kier alpha value is -4.26. The molecule has 1 amide bonds. The van der Waals surface area contributed by atoms with Crippen LogP contribution in [0.3, 0.4) is 0 Å². The first-order chi connectivity index (χ1) is 18.6. The van der Waals surface area contributed by atoms with E-state index in [1.165, 1.54) is 4.90 Å². The van der Waals surface area contributed by atoms with Gasteiger partial charge in [0.1, 0.15) is 11.5 Å². The SMILES string of the molecule is CCOc1ccc(N2C(=O)C(=O)/C(=C(\O)c3ccc(OC)c(C(C)(C)C)c3)C2c2ccccc2)cc1OCC. The van der Waals surface area contributed by atoms with Crippen molar-refractivity contribution in [2.24, 2.45) is 0 Å². The highest BCUT2D eigenvalue weighted by molar-refractivity contribution is 6.51. The van der Waals surface area contributed by atoms with Crippen LogP contribution in [0, 0.1) is 0 Å². The monoisotopic (exact) mass is 529 g/mol. The van der Waals surface area contributed by atoms with E-state index in [4.69, 9.17) is 14.2 Å². The maximum atomic E-state index is 13.6. The Bertz CT molecular complexity index is 1400. The molecule has 0 aromatic heterocycles. The van der Waals surface area contributed by atoms with E-state index in [0.29, 0.717) is 47.3 Å². The molecule has 3 aromatic carbocycles. The van der Waals surface area contributed by atoms with Crippen LogP contribution in [0.5, 0.6) is 17.2 Å². The summed E-state index contributed by atoms with van der Waals surface area (Å²) in [5.74, 6) is -0.0481. The van der Waals surface area contributed by atoms with Crippen LogP contribution < -0.4 is 19.1 Å². The van der Waals surface area contributed by atoms with E-state index in [0.717, 1.165) is 5.56 Å². The molecule has 0 saturated carbocycles. The second kappa shape index (κ2) is 11.2. The Kier molecular flexibility index (Phi) is 8.00. The summed E-state index contributed by atoms with van der Waals surface area (Å²) < 4.78 is 17.0. The van der Waals surface area contributed by atoms with Crippen molar-refractivity contribution >= 4 is 23.1 Å². The van der Waals surface area contributed by atoms with Crippen molar-refractivity contribution < 1.29 is 28.9 Å². The van der Waals surface area contributed by atoms with Gasteiger partial charge in [-0.15, -0.1) is 0 Å². The molecule has 1 atom stereocenters. The van der Waals surface area contributed by atoms with Gasteiger partial charge in [-0.2, -0.15) is 0 Å². The third kappa shape index (κ3) is 5.35. The van der Waals surface area contributed by atoms with Gasteiger partial charge in [0.2, 0.25) is 0 Å². The highest BCUT2D eigenvalue weighted by atomic mass is 16.5. The van der Waals surface area contributed by atoms with E-state index in [9.17, 15) is 14.7 Å². The van der Waals surface area contributed by atoms with Gasteiger partial charge in [-0.25, -0.2) is 0 Å². The zero-order chi connectivity index (χ0) is 28.3. The van der Waals surface area contributed by atoms with Crippen LogP contribution in [0.4, 0.5) is 5.69 Å². The number of benzene rings is 3. The fourth-order valence-corrected chi connectivity index (χ4v) is 4.84. The lowest BCUT2D eigenvalue weighted by atomic mass is 9.84. The Labute approximate surface area is 229 Å². The summed E-state index contributed by atoms with van der Waals surface area (Å²) in [7, 11) is 1.60. The van der Waals surface area contributed by atoms with Crippen molar-refractivity contribution in [1.82, 2.24) is 0 Å². The summed E-state index contributed by atoms with van der Waals surface area (Å²) in [6.45, 7) is 10.7. The first-order valence-electron chi connectivity index (χ1n) is 13.1. The number of hydrogen-bond acceptors (Lipinski definition) is 6. The molecule has 1 aliphatic rings. The minimum Gasteiger partial charge on any atom is -0.507 e. The van der Waals surface area contributed by atoms with Crippen LogP contribution in [0.15, 0.2) is 72.3 Å². The van der Waals surface area contributed by atoms with Gasteiger partial charge in [-0.1, -0.05) is 51.1 Å². The average molecular weight is 530 g/mol. The zero-order valence-corrected chi connectivity index (χ0v) is 23.3. The van der Waals surface area contributed by atoms with Crippen molar-refractivity contribution in [3.8, 4) is 17.2 Å². The second-order valence-corrected chi connectivity index (χ2v) is 10.2. The molecule has 1 aliphatic heterocycles. The van der Waals surface area contributed by atoms with Gasteiger partial charge in [0.05, 0.1) is 31.9 Å². The van der Waals surface area contributed by atoms with E-state index in [-0.39, 0.29) is 16.7 Å². The Morgan fingerprint density at radius 2 is 1.51 bits per heavy atom. The van der Waals surface area contributed by atoms with Crippen LogP contribution in [-0.4, -0.2) is 37.1 Å². The largest absolute Gasteiger partial charge is 0.507 e. The molecule has 39 heavy (non-hydrogen) atoms. The molecule has 7 nitrogen and oxygen atoms in total. The van der Waals surface area contributed by atoms with Crippen molar-refractivity contribution in [2.45, 2.75) is 46.1 Å². The predicted molar refractivity (Wildman–Crippen MR) is 152 cm³/mol. The first-order valence-corrected chi connectivity index (χ1v) is 13.1. The normalized spacial score (nSPS) is 16.9. The molecule has 1 saturated heterocycles. The summed E-state index contributed by atoms with van der Waals surface area (Å²) in [4.78, 5) is 28.6. The average Bonchev–Trinajstić information content (AvgIpc) is 3.19. The van der Waals surface area contributed by atoms with E-state index >= 15 is 0 Å². The summed E-state index contributed by atoms with van der Waals surface area (Å²) >= 11 is 0. The number of aliphatic hydroxyl groups is 1. The molecule has 1 heterocycles. The van der Waals surface area contributed by atoms with Gasteiger partial charge in [-0.3, -0.25) is 14.5 Å².